The molecule has 0 aliphatic rings. The summed E-state index contributed by atoms with van der Waals surface area (Å²) < 4.78 is 11.4. The van der Waals surface area contributed by atoms with Crippen LogP contribution in [-0.4, -0.2) is 18.4 Å². The van der Waals surface area contributed by atoms with Gasteiger partial charge in [0.25, 0.3) is 0 Å². The van der Waals surface area contributed by atoms with Crippen LogP contribution in [0.4, 0.5) is 0 Å². The summed E-state index contributed by atoms with van der Waals surface area (Å²) in [5.41, 5.74) is 1.31. The zero-order chi connectivity index (χ0) is 13.7. The summed E-state index contributed by atoms with van der Waals surface area (Å²) in [5.74, 6) is 1.17. The normalized spacial score (nSPS) is 10.0. The Balaban J connectivity index is 2.07. The molecule has 19 heavy (non-hydrogen) atoms. The summed E-state index contributed by atoms with van der Waals surface area (Å²) in [7, 11) is 1.57. The van der Waals surface area contributed by atoms with Crippen molar-refractivity contribution in [1.29, 1.82) is 0 Å². The Hall–Kier alpha value is -1.88. The number of pyridine rings is 1. The Bertz CT molecular complexity index is 587. The monoisotopic (exact) mass is 321 g/mol. The van der Waals surface area contributed by atoms with Crippen LogP contribution in [0.5, 0.6) is 11.6 Å². The smallest absolute Gasteiger partial charge is 0.213 e. The Labute approximate surface area is 119 Å². The van der Waals surface area contributed by atoms with Crippen LogP contribution in [-0.2, 0) is 6.61 Å². The highest BCUT2D eigenvalue weighted by molar-refractivity contribution is 9.10. The molecule has 0 amide bonds. The van der Waals surface area contributed by atoms with E-state index in [0.717, 1.165) is 16.5 Å². The van der Waals surface area contributed by atoms with Gasteiger partial charge in [0, 0.05) is 16.1 Å². The van der Waals surface area contributed by atoms with Gasteiger partial charge in [0.1, 0.15) is 12.4 Å². The van der Waals surface area contributed by atoms with E-state index < -0.39 is 0 Å². The SMILES string of the molecule is COc1cccc(COc2ccc(Br)c(C=O)c2)n1. The fourth-order valence-corrected chi connectivity index (χ4v) is 1.85. The predicted octanol–water partition coefficient (Wildman–Crippen LogP) is 3.24. The van der Waals surface area contributed by atoms with Crippen LogP contribution in [0.3, 0.4) is 0 Å². The number of carbonyl (C=O) groups excluding carboxylic acids is 1. The molecule has 0 spiro atoms. The lowest BCUT2D eigenvalue weighted by molar-refractivity contribution is 0.112. The van der Waals surface area contributed by atoms with E-state index in [1.807, 2.05) is 12.1 Å². The molecule has 0 saturated heterocycles. The highest BCUT2D eigenvalue weighted by Gasteiger charge is 2.03. The van der Waals surface area contributed by atoms with E-state index in [1.165, 1.54) is 0 Å². The first-order valence-corrected chi connectivity index (χ1v) is 6.39. The molecule has 0 saturated carbocycles. The molecule has 1 heterocycles. The van der Waals surface area contributed by atoms with Crippen LogP contribution >= 0.6 is 15.9 Å². The van der Waals surface area contributed by atoms with Crippen molar-refractivity contribution in [2.45, 2.75) is 6.61 Å². The van der Waals surface area contributed by atoms with Crippen LogP contribution < -0.4 is 9.47 Å². The Morgan fingerprint density at radius 3 is 2.89 bits per heavy atom. The van der Waals surface area contributed by atoms with E-state index >= 15 is 0 Å². The molecule has 2 aromatic rings. The molecule has 0 bridgehead atoms. The molecule has 98 valence electrons. The highest BCUT2D eigenvalue weighted by Crippen LogP contribution is 2.22. The van der Waals surface area contributed by atoms with Gasteiger partial charge < -0.3 is 9.47 Å². The first-order valence-electron chi connectivity index (χ1n) is 5.60. The average molecular weight is 322 g/mol. The maximum absolute atomic E-state index is 10.8. The second kappa shape index (κ2) is 6.33. The fourth-order valence-electron chi connectivity index (χ4n) is 1.51. The summed E-state index contributed by atoms with van der Waals surface area (Å²) in [4.78, 5) is 15.1. The third-order valence-electron chi connectivity index (χ3n) is 2.47. The van der Waals surface area contributed by atoms with Crippen molar-refractivity contribution in [2.24, 2.45) is 0 Å². The fraction of sp³-hybridized carbons (Fsp3) is 0.143. The zero-order valence-corrected chi connectivity index (χ0v) is 11.9. The molecule has 0 aliphatic heterocycles. The van der Waals surface area contributed by atoms with Crippen LogP contribution in [0.1, 0.15) is 16.1 Å². The molecule has 0 unspecified atom stereocenters. The van der Waals surface area contributed by atoms with E-state index in [0.29, 0.717) is 23.8 Å². The number of aldehydes is 1. The number of hydrogen-bond donors (Lipinski definition) is 0. The lowest BCUT2D eigenvalue weighted by Crippen LogP contribution is -2.00. The largest absolute Gasteiger partial charge is 0.487 e. The molecule has 0 fully saturated rings. The number of methoxy groups -OCH3 is 1. The predicted molar refractivity (Wildman–Crippen MR) is 74.7 cm³/mol. The van der Waals surface area contributed by atoms with Crippen molar-refractivity contribution in [3.8, 4) is 11.6 Å². The summed E-state index contributed by atoms with van der Waals surface area (Å²) in [6.07, 6.45) is 0.779. The van der Waals surface area contributed by atoms with Gasteiger partial charge in [-0.25, -0.2) is 4.98 Å². The van der Waals surface area contributed by atoms with Gasteiger partial charge in [-0.1, -0.05) is 22.0 Å². The van der Waals surface area contributed by atoms with Crippen molar-refractivity contribution in [1.82, 2.24) is 4.98 Å². The standard InChI is InChI=1S/C14H12BrNO3/c1-18-14-4-2-3-11(16-14)9-19-12-5-6-13(15)10(7-12)8-17/h2-8H,9H2,1H3. The number of hydrogen-bond acceptors (Lipinski definition) is 4. The number of benzene rings is 1. The molecule has 0 aliphatic carbocycles. The number of rotatable bonds is 5. The lowest BCUT2D eigenvalue weighted by atomic mass is 10.2. The van der Waals surface area contributed by atoms with E-state index in [-0.39, 0.29) is 0 Å². The van der Waals surface area contributed by atoms with Gasteiger partial charge in [-0.2, -0.15) is 0 Å². The summed E-state index contributed by atoms with van der Waals surface area (Å²) in [6, 6.07) is 10.7. The van der Waals surface area contributed by atoms with Crippen LogP contribution in [0.2, 0.25) is 0 Å². The Morgan fingerprint density at radius 1 is 1.32 bits per heavy atom. The maximum Gasteiger partial charge on any atom is 0.213 e. The molecule has 5 heteroatoms. The summed E-state index contributed by atoms with van der Waals surface area (Å²) in [6.45, 7) is 0.317. The first-order chi connectivity index (χ1) is 9.22. The molecule has 0 radical (unpaired) electrons. The molecule has 0 N–H and O–H groups in total. The van der Waals surface area contributed by atoms with E-state index in [1.54, 1.807) is 31.4 Å². The van der Waals surface area contributed by atoms with E-state index in [4.69, 9.17) is 9.47 Å². The summed E-state index contributed by atoms with van der Waals surface area (Å²) in [5, 5.41) is 0. The van der Waals surface area contributed by atoms with Gasteiger partial charge in [0.2, 0.25) is 5.88 Å². The van der Waals surface area contributed by atoms with Crippen molar-refractivity contribution in [3.05, 3.63) is 52.1 Å². The second-order valence-electron chi connectivity index (χ2n) is 3.76. The number of halogens is 1. The Morgan fingerprint density at radius 2 is 2.16 bits per heavy atom. The van der Waals surface area contributed by atoms with Gasteiger partial charge in [-0.05, 0) is 24.3 Å². The third-order valence-corrected chi connectivity index (χ3v) is 3.19. The minimum absolute atomic E-state index is 0.317. The van der Waals surface area contributed by atoms with Gasteiger partial charge >= 0.3 is 0 Å². The first kappa shape index (κ1) is 13.5. The van der Waals surface area contributed by atoms with Crippen LogP contribution in [0, 0.1) is 0 Å². The highest BCUT2D eigenvalue weighted by atomic mass is 79.9. The molecule has 2 rings (SSSR count). The molecular weight excluding hydrogens is 310 g/mol. The molecule has 4 nitrogen and oxygen atoms in total. The van der Waals surface area contributed by atoms with Crippen molar-refractivity contribution >= 4 is 22.2 Å². The molecule has 1 aromatic heterocycles. The third kappa shape index (κ3) is 3.54. The van der Waals surface area contributed by atoms with Crippen molar-refractivity contribution in [2.75, 3.05) is 7.11 Å². The minimum atomic E-state index is 0.317. The second-order valence-corrected chi connectivity index (χ2v) is 4.62. The number of nitrogens with zero attached hydrogens (tertiary/aromatic N) is 1. The molecule has 0 atom stereocenters. The maximum atomic E-state index is 10.8. The number of carbonyl (C=O) groups is 1. The van der Waals surface area contributed by atoms with Crippen molar-refractivity contribution in [3.63, 3.8) is 0 Å². The van der Waals surface area contributed by atoms with Gasteiger partial charge in [-0.3, -0.25) is 4.79 Å². The quantitative estimate of drug-likeness (QED) is 0.793. The number of ether oxygens (including phenoxy) is 2. The van der Waals surface area contributed by atoms with E-state index in [9.17, 15) is 4.79 Å². The van der Waals surface area contributed by atoms with Crippen LogP contribution in [0.15, 0.2) is 40.9 Å². The van der Waals surface area contributed by atoms with Crippen molar-refractivity contribution < 1.29 is 14.3 Å². The van der Waals surface area contributed by atoms with Gasteiger partial charge in [0.15, 0.2) is 6.29 Å². The van der Waals surface area contributed by atoms with Crippen LogP contribution in [0.25, 0.3) is 0 Å². The summed E-state index contributed by atoms with van der Waals surface area (Å²) >= 11 is 3.29. The van der Waals surface area contributed by atoms with Gasteiger partial charge in [0.05, 0.1) is 12.8 Å². The number of aromatic nitrogens is 1. The minimum Gasteiger partial charge on any atom is -0.487 e. The van der Waals surface area contributed by atoms with Gasteiger partial charge in [-0.15, -0.1) is 0 Å². The lowest BCUT2D eigenvalue weighted by Gasteiger charge is -2.07. The average Bonchev–Trinajstić information content (AvgIpc) is 2.46. The zero-order valence-electron chi connectivity index (χ0n) is 10.3. The topological polar surface area (TPSA) is 48.4 Å². The Kier molecular flexibility index (Phi) is 4.52. The molecule has 1 aromatic carbocycles. The van der Waals surface area contributed by atoms with E-state index in [2.05, 4.69) is 20.9 Å². The molecular formula is C14H12BrNO3.